The second-order valence-corrected chi connectivity index (χ2v) is 12.1. The number of carbonyl (C=O) groups is 2. The van der Waals surface area contributed by atoms with Crippen LogP contribution in [0.4, 0.5) is 5.69 Å². The number of Topliss-reactive ketones (excluding diaryl/α,β-unsaturated/α-hetero) is 1. The quantitative estimate of drug-likeness (QED) is 0.323. The minimum Gasteiger partial charge on any atom is -0.390 e. The number of nitrogens with two attached hydrogens (primary N) is 1. The molecular weight excluding hydrogens is 486 g/mol. The van der Waals surface area contributed by atoms with E-state index in [4.69, 9.17) is 10.7 Å². The van der Waals surface area contributed by atoms with Crippen LogP contribution >= 0.6 is 0 Å². The monoisotopic (exact) mass is 525 g/mol. The van der Waals surface area contributed by atoms with Crippen LogP contribution in [0.1, 0.15) is 70.8 Å². The maximum Gasteiger partial charge on any atom is 0.224 e. The molecule has 3 aromatic rings. The zero-order chi connectivity index (χ0) is 27.6. The number of rotatable bonds is 8. The molecule has 0 atom stereocenters. The minimum atomic E-state index is -0.704. The van der Waals surface area contributed by atoms with Crippen molar-refractivity contribution in [2.24, 2.45) is 17.6 Å². The second-order valence-electron chi connectivity index (χ2n) is 12.1. The number of anilines is 1. The summed E-state index contributed by atoms with van der Waals surface area (Å²) in [6.45, 7) is 3.48. The van der Waals surface area contributed by atoms with Crippen molar-refractivity contribution in [3.63, 3.8) is 0 Å². The van der Waals surface area contributed by atoms with Gasteiger partial charge >= 0.3 is 0 Å². The Morgan fingerprint density at radius 2 is 1.56 bits per heavy atom. The molecule has 1 aromatic heterocycles. The maximum atomic E-state index is 12.9. The van der Waals surface area contributed by atoms with E-state index in [1.807, 2.05) is 67.6 Å². The van der Waals surface area contributed by atoms with E-state index in [2.05, 4.69) is 5.32 Å². The molecule has 39 heavy (non-hydrogen) atoms. The third-order valence-corrected chi connectivity index (χ3v) is 8.40. The molecule has 2 aliphatic carbocycles. The molecule has 2 fully saturated rings. The number of ketones is 1. The zero-order valence-electron chi connectivity index (χ0n) is 23.0. The van der Waals surface area contributed by atoms with Gasteiger partial charge in [-0.3, -0.25) is 9.78 Å². The molecule has 2 aliphatic rings. The normalized spacial score (nSPS) is 26.5. The molecule has 0 bridgehead atoms. The van der Waals surface area contributed by atoms with Gasteiger partial charge in [0, 0.05) is 29.5 Å². The zero-order valence-corrected chi connectivity index (χ0v) is 23.0. The van der Waals surface area contributed by atoms with Gasteiger partial charge in [0.15, 0.2) is 0 Å². The van der Waals surface area contributed by atoms with Crippen LogP contribution in [0.25, 0.3) is 22.4 Å². The highest BCUT2D eigenvalue weighted by atomic mass is 16.3. The van der Waals surface area contributed by atoms with Crippen LogP contribution in [-0.2, 0) is 15.1 Å². The average Bonchev–Trinajstić information content (AvgIpc) is 2.89. The van der Waals surface area contributed by atoms with Crippen molar-refractivity contribution in [3.05, 3.63) is 72.4 Å². The van der Waals surface area contributed by atoms with E-state index in [-0.39, 0.29) is 11.7 Å². The van der Waals surface area contributed by atoms with Crippen LogP contribution in [0.2, 0.25) is 0 Å². The molecule has 2 aromatic carbocycles. The maximum absolute atomic E-state index is 12.9. The number of benzene rings is 2. The molecule has 0 aliphatic heterocycles. The number of hydrogen-bond donors (Lipinski definition) is 3. The number of amides is 1. The van der Waals surface area contributed by atoms with Gasteiger partial charge in [-0.2, -0.15) is 0 Å². The fourth-order valence-corrected chi connectivity index (χ4v) is 6.59. The fourth-order valence-electron chi connectivity index (χ4n) is 6.59. The summed E-state index contributed by atoms with van der Waals surface area (Å²) in [7, 11) is 0. The Hall–Kier alpha value is -3.35. The summed E-state index contributed by atoms with van der Waals surface area (Å²) in [4.78, 5) is 29.2. The van der Waals surface area contributed by atoms with Gasteiger partial charge in [-0.05, 0) is 81.4 Å². The van der Waals surface area contributed by atoms with E-state index in [1.165, 1.54) is 0 Å². The van der Waals surface area contributed by atoms with Crippen LogP contribution in [0.15, 0.2) is 66.9 Å². The van der Waals surface area contributed by atoms with E-state index in [0.29, 0.717) is 43.2 Å². The minimum absolute atomic E-state index is 0.00700. The van der Waals surface area contributed by atoms with Gasteiger partial charge in [-0.15, -0.1) is 0 Å². The lowest BCUT2D eigenvalue weighted by Crippen LogP contribution is -2.58. The van der Waals surface area contributed by atoms with Gasteiger partial charge < -0.3 is 21.0 Å². The van der Waals surface area contributed by atoms with Crippen LogP contribution in [0, 0.1) is 11.8 Å². The first-order valence-corrected chi connectivity index (χ1v) is 14.1. The number of aliphatic hydroxyl groups is 1. The summed E-state index contributed by atoms with van der Waals surface area (Å²) in [6, 6.07) is 20.2. The molecule has 2 saturated carbocycles. The van der Waals surface area contributed by atoms with E-state index in [9.17, 15) is 14.7 Å². The molecule has 0 unspecified atom stereocenters. The summed E-state index contributed by atoms with van der Waals surface area (Å²) in [5, 5.41) is 13.3. The molecule has 0 radical (unpaired) electrons. The third-order valence-electron chi connectivity index (χ3n) is 8.40. The molecule has 0 saturated heterocycles. The topological polar surface area (TPSA) is 105 Å². The van der Waals surface area contributed by atoms with Gasteiger partial charge in [0.2, 0.25) is 5.91 Å². The first-order chi connectivity index (χ1) is 18.6. The predicted octanol–water partition coefficient (Wildman–Crippen LogP) is 6.23. The average molecular weight is 526 g/mol. The first kappa shape index (κ1) is 27.2. The van der Waals surface area contributed by atoms with Crippen molar-refractivity contribution in [3.8, 4) is 22.4 Å². The standard InChI is InChI=1S/C33H39N3O3/c1-22(37)16-23-8-10-24(11-9-23)17-30(38)36-28-18-29(25-6-4-3-5-7-25)31(35-19-28)26-12-14-27(15-13-26)33(34)20-32(2,39)21-33/h3-7,12-15,18-19,23-24,39H,8-11,16-17,20-21,34H2,1-2H3,(H,36,38). The van der Waals surface area contributed by atoms with Gasteiger partial charge in [-0.25, -0.2) is 0 Å². The van der Waals surface area contributed by atoms with Gasteiger partial charge in [0.1, 0.15) is 5.78 Å². The highest BCUT2D eigenvalue weighted by Gasteiger charge is 2.49. The molecule has 204 valence electrons. The number of nitrogens with zero attached hydrogens (tertiary/aromatic N) is 1. The largest absolute Gasteiger partial charge is 0.390 e. The fraction of sp³-hybridized carbons (Fsp3) is 0.424. The Bertz CT molecular complexity index is 1320. The number of hydrogen-bond acceptors (Lipinski definition) is 5. The summed E-state index contributed by atoms with van der Waals surface area (Å²) in [5.41, 5.74) is 10.8. The third kappa shape index (κ3) is 6.45. The number of nitrogens with one attached hydrogen (secondary N) is 1. The molecule has 6 nitrogen and oxygen atoms in total. The number of aromatic nitrogens is 1. The van der Waals surface area contributed by atoms with Crippen molar-refractivity contribution in [2.75, 3.05) is 5.32 Å². The van der Waals surface area contributed by atoms with Crippen molar-refractivity contribution in [2.45, 2.75) is 76.4 Å². The van der Waals surface area contributed by atoms with E-state index >= 15 is 0 Å². The predicted molar refractivity (Wildman–Crippen MR) is 155 cm³/mol. The van der Waals surface area contributed by atoms with Crippen LogP contribution in [-0.4, -0.2) is 27.4 Å². The lowest BCUT2D eigenvalue weighted by atomic mass is 9.63. The second kappa shape index (κ2) is 11.0. The summed E-state index contributed by atoms with van der Waals surface area (Å²) < 4.78 is 0. The molecule has 6 heteroatoms. The summed E-state index contributed by atoms with van der Waals surface area (Å²) in [5.74, 6) is 1.10. The van der Waals surface area contributed by atoms with Gasteiger partial charge in [0.25, 0.3) is 0 Å². The smallest absolute Gasteiger partial charge is 0.224 e. The van der Waals surface area contributed by atoms with Crippen molar-refractivity contribution in [1.82, 2.24) is 4.98 Å². The number of carbonyl (C=O) groups excluding carboxylic acids is 2. The SMILES string of the molecule is CC(=O)CC1CCC(CC(=O)Nc2cnc(-c3ccc(C4(N)CC(C)(O)C4)cc3)c(-c3ccccc3)c2)CC1. The van der Waals surface area contributed by atoms with Crippen LogP contribution in [0.5, 0.6) is 0 Å². The highest BCUT2D eigenvalue weighted by Crippen LogP contribution is 2.46. The van der Waals surface area contributed by atoms with E-state index in [1.54, 1.807) is 13.1 Å². The lowest BCUT2D eigenvalue weighted by molar-refractivity contribution is -0.119. The highest BCUT2D eigenvalue weighted by molar-refractivity contribution is 5.93. The Kier molecular flexibility index (Phi) is 7.70. The molecule has 0 spiro atoms. The van der Waals surface area contributed by atoms with Crippen molar-refractivity contribution >= 4 is 17.4 Å². The van der Waals surface area contributed by atoms with Gasteiger partial charge in [0.05, 0.1) is 23.2 Å². The molecule has 5 rings (SSSR count). The number of pyridine rings is 1. The van der Waals surface area contributed by atoms with Gasteiger partial charge in [-0.1, -0.05) is 54.6 Å². The Labute approximate surface area is 231 Å². The Balaban J connectivity index is 1.31. The Morgan fingerprint density at radius 3 is 2.15 bits per heavy atom. The van der Waals surface area contributed by atoms with Crippen molar-refractivity contribution in [1.29, 1.82) is 0 Å². The first-order valence-electron chi connectivity index (χ1n) is 14.1. The van der Waals surface area contributed by atoms with Crippen LogP contribution in [0.3, 0.4) is 0 Å². The van der Waals surface area contributed by atoms with E-state index in [0.717, 1.165) is 53.6 Å². The molecular formula is C33H39N3O3. The Morgan fingerprint density at radius 1 is 0.949 bits per heavy atom. The van der Waals surface area contributed by atoms with E-state index < -0.39 is 11.1 Å². The summed E-state index contributed by atoms with van der Waals surface area (Å²) in [6.07, 6.45) is 8.00. The molecule has 1 heterocycles. The molecule has 1 amide bonds. The van der Waals surface area contributed by atoms with Crippen LogP contribution < -0.4 is 11.1 Å². The summed E-state index contributed by atoms with van der Waals surface area (Å²) >= 11 is 0. The lowest BCUT2D eigenvalue weighted by Gasteiger charge is -2.49. The van der Waals surface area contributed by atoms with Crippen molar-refractivity contribution < 1.29 is 14.7 Å². The molecule has 4 N–H and O–H groups in total.